The van der Waals surface area contributed by atoms with Crippen LogP contribution in [0, 0.1) is 6.92 Å². The highest BCUT2D eigenvalue weighted by Gasteiger charge is 2.31. The second kappa shape index (κ2) is 9.75. The Morgan fingerprint density at radius 2 is 1.88 bits per heavy atom. The molecule has 33 heavy (non-hydrogen) atoms. The summed E-state index contributed by atoms with van der Waals surface area (Å²) < 4.78 is 7.78. The van der Waals surface area contributed by atoms with Gasteiger partial charge in [0.05, 0.1) is 17.8 Å². The first kappa shape index (κ1) is 23.0. The summed E-state index contributed by atoms with van der Waals surface area (Å²) in [6, 6.07) is -0.511. The lowest BCUT2D eigenvalue weighted by Crippen LogP contribution is -2.54. The van der Waals surface area contributed by atoms with Crippen LogP contribution in [-0.4, -0.2) is 85.2 Å². The molecule has 1 fully saturated rings. The topological polar surface area (TPSA) is 123 Å². The average molecular weight is 454 g/mol. The van der Waals surface area contributed by atoms with E-state index in [1.165, 1.54) is 6.33 Å². The molecule has 0 saturated carbocycles. The van der Waals surface area contributed by atoms with E-state index in [4.69, 9.17) is 9.72 Å². The number of morpholine rings is 1. The molecule has 3 aromatic rings. The molecular formula is C22H31N9O2. The van der Waals surface area contributed by atoms with E-state index >= 15 is 0 Å². The smallest absolute Gasteiger partial charge is 0.246 e. The van der Waals surface area contributed by atoms with Crippen LogP contribution in [0.2, 0.25) is 0 Å². The van der Waals surface area contributed by atoms with Crippen LogP contribution in [0.15, 0.2) is 18.7 Å². The monoisotopic (exact) mass is 453 g/mol. The van der Waals surface area contributed by atoms with Gasteiger partial charge in [0.1, 0.15) is 24.0 Å². The molecule has 176 valence electrons. The largest absolute Gasteiger partial charge is 0.372 e. The number of amides is 1. The first-order chi connectivity index (χ1) is 15.9. The predicted molar refractivity (Wildman–Crippen MR) is 125 cm³/mol. The number of aryl methyl sites for hydroxylation is 2. The summed E-state index contributed by atoms with van der Waals surface area (Å²) in [5.74, 6) is 1.92. The van der Waals surface area contributed by atoms with Crippen LogP contribution >= 0.6 is 0 Å². The lowest BCUT2D eigenvalue weighted by atomic mass is 10.1. The second-order valence-electron chi connectivity index (χ2n) is 8.35. The molecule has 1 aliphatic rings. The van der Waals surface area contributed by atoms with Crippen LogP contribution in [0.25, 0.3) is 22.6 Å². The summed E-state index contributed by atoms with van der Waals surface area (Å²) in [6.45, 7) is 10.1. The first-order valence-electron chi connectivity index (χ1n) is 11.3. The van der Waals surface area contributed by atoms with E-state index in [-0.39, 0.29) is 18.1 Å². The van der Waals surface area contributed by atoms with Gasteiger partial charge in [-0.2, -0.15) is 0 Å². The number of rotatable bonds is 7. The zero-order valence-corrected chi connectivity index (χ0v) is 19.7. The lowest BCUT2D eigenvalue weighted by Gasteiger charge is -2.37. The minimum Gasteiger partial charge on any atom is -0.372 e. The number of aromatic nitrogens is 6. The first-order valence-corrected chi connectivity index (χ1v) is 11.3. The number of hydrogen-bond donors (Lipinski definition) is 2. The number of nitrogens with zero attached hydrogens (tertiary/aromatic N) is 7. The number of imidazole rings is 1. The average Bonchev–Trinajstić information content (AvgIpc) is 3.17. The highest BCUT2D eigenvalue weighted by Crippen LogP contribution is 2.26. The van der Waals surface area contributed by atoms with E-state index in [1.807, 2.05) is 44.2 Å². The lowest BCUT2D eigenvalue weighted by molar-refractivity contribution is -0.143. The fourth-order valence-corrected chi connectivity index (χ4v) is 4.22. The van der Waals surface area contributed by atoms with Crippen molar-refractivity contribution in [3.63, 3.8) is 0 Å². The molecule has 1 saturated heterocycles. The number of ether oxygens (including phenoxy) is 1. The van der Waals surface area contributed by atoms with Crippen LogP contribution < -0.4 is 10.6 Å². The molecule has 0 unspecified atom stereocenters. The molecule has 1 amide bonds. The predicted octanol–water partition coefficient (Wildman–Crippen LogP) is 1.25. The van der Waals surface area contributed by atoms with E-state index in [2.05, 4.69) is 30.6 Å². The third-order valence-corrected chi connectivity index (χ3v) is 5.64. The van der Waals surface area contributed by atoms with Gasteiger partial charge in [-0.15, -0.1) is 0 Å². The Hall–Kier alpha value is -3.18. The highest BCUT2D eigenvalue weighted by molar-refractivity contribution is 5.90. The molecule has 0 spiro atoms. The standard InChI is InChI=1S/C22H31N9O2/c1-6-31-20(16-7-24-15(4)25-8-16)29-18-19(26-12-27-21(18)31)28-17(9-23-5)22(32)30-10-13(2)33-14(3)11-30/h7-8,12-14,17,23H,6,9-11H2,1-5H3,(H,26,27,28)/t13-,14+,17-/m0/s1. The van der Waals surface area contributed by atoms with Gasteiger partial charge in [0.2, 0.25) is 5.91 Å². The Morgan fingerprint density at radius 3 is 2.52 bits per heavy atom. The number of fused-ring (bicyclic) bond motifs is 1. The molecule has 4 heterocycles. The zero-order chi connectivity index (χ0) is 23.5. The van der Waals surface area contributed by atoms with E-state index in [1.54, 1.807) is 12.4 Å². The van der Waals surface area contributed by atoms with Crippen molar-refractivity contribution < 1.29 is 9.53 Å². The molecule has 0 aromatic carbocycles. The second-order valence-corrected chi connectivity index (χ2v) is 8.35. The van der Waals surface area contributed by atoms with Crippen LogP contribution in [-0.2, 0) is 16.1 Å². The molecule has 3 atom stereocenters. The molecule has 11 nitrogen and oxygen atoms in total. The molecular weight excluding hydrogens is 422 g/mol. The Bertz CT molecular complexity index is 1110. The van der Waals surface area contributed by atoms with Gasteiger partial charge < -0.3 is 24.8 Å². The van der Waals surface area contributed by atoms with Crippen molar-refractivity contribution in [1.82, 2.24) is 39.7 Å². The fourth-order valence-electron chi connectivity index (χ4n) is 4.22. The summed E-state index contributed by atoms with van der Waals surface area (Å²) >= 11 is 0. The molecule has 0 radical (unpaired) electrons. The van der Waals surface area contributed by atoms with Crippen LogP contribution in [0.1, 0.15) is 26.6 Å². The van der Waals surface area contributed by atoms with Crippen molar-refractivity contribution >= 4 is 22.9 Å². The molecule has 0 aliphatic carbocycles. The Morgan fingerprint density at radius 1 is 1.18 bits per heavy atom. The number of carbonyl (C=O) groups excluding carboxylic acids is 1. The van der Waals surface area contributed by atoms with Crippen molar-refractivity contribution in [2.24, 2.45) is 0 Å². The van der Waals surface area contributed by atoms with Gasteiger partial charge in [-0.05, 0) is 34.7 Å². The van der Waals surface area contributed by atoms with Gasteiger partial charge in [0.15, 0.2) is 17.0 Å². The van der Waals surface area contributed by atoms with Crippen LogP contribution in [0.3, 0.4) is 0 Å². The minimum absolute atomic E-state index is 0.000180. The molecule has 2 N–H and O–H groups in total. The highest BCUT2D eigenvalue weighted by atomic mass is 16.5. The van der Waals surface area contributed by atoms with Gasteiger partial charge in [-0.25, -0.2) is 24.9 Å². The SMILES string of the molecule is CCn1c(-c2cnc(C)nc2)nc2c(N[C@@H](CNC)C(=O)N3C[C@@H](C)O[C@@H](C)C3)ncnc21. The van der Waals surface area contributed by atoms with Gasteiger partial charge in [0.25, 0.3) is 0 Å². The summed E-state index contributed by atoms with van der Waals surface area (Å²) in [5.41, 5.74) is 2.09. The Labute approximate surface area is 193 Å². The normalized spacial score (nSPS) is 19.6. The number of nitrogens with one attached hydrogen (secondary N) is 2. The van der Waals surface area contributed by atoms with E-state index in [9.17, 15) is 4.79 Å². The van der Waals surface area contributed by atoms with Crippen LogP contribution in [0.5, 0.6) is 0 Å². The van der Waals surface area contributed by atoms with Crippen molar-refractivity contribution in [3.05, 3.63) is 24.5 Å². The summed E-state index contributed by atoms with van der Waals surface area (Å²) in [5, 5.41) is 6.43. The number of anilines is 1. The molecule has 4 rings (SSSR count). The van der Waals surface area contributed by atoms with E-state index in [0.29, 0.717) is 54.8 Å². The van der Waals surface area contributed by atoms with Crippen molar-refractivity contribution in [2.45, 2.75) is 52.5 Å². The maximum Gasteiger partial charge on any atom is 0.246 e. The molecule has 0 bridgehead atoms. The third kappa shape index (κ3) is 4.79. The number of hydrogen-bond acceptors (Lipinski definition) is 9. The maximum atomic E-state index is 13.4. The summed E-state index contributed by atoms with van der Waals surface area (Å²) in [7, 11) is 1.82. The van der Waals surface area contributed by atoms with Gasteiger partial charge in [-0.1, -0.05) is 0 Å². The summed E-state index contributed by atoms with van der Waals surface area (Å²) in [4.78, 5) is 37.6. The van der Waals surface area contributed by atoms with Crippen molar-refractivity contribution in [3.8, 4) is 11.4 Å². The maximum absolute atomic E-state index is 13.4. The van der Waals surface area contributed by atoms with Crippen molar-refractivity contribution in [2.75, 3.05) is 32.0 Å². The third-order valence-electron chi connectivity index (χ3n) is 5.64. The molecule has 3 aromatic heterocycles. The van der Waals surface area contributed by atoms with Gasteiger partial charge >= 0.3 is 0 Å². The molecule has 11 heteroatoms. The number of carbonyl (C=O) groups is 1. The summed E-state index contributed by atoms with van der Waals surface area (Å²) in [6.07, 6.45) is 5.00. The number of likely N-dealkylation sites (N-methyl/N-ethyl adjacent to an activating group) is 1. The van der Waals surface area contributed by atoms with E-state index in [0.717, 1.165) is 5.56 Å². The quantitative estimate of drug-likeness (QED) is 0.544. The minimum atomic E-state index is -0.511. The fraction of sp³-hybridized carbons (Fsp3) is 0.545. The Balaban J connectivity index is 1.68. The van der Waals surface area contributed by atoms with Gasteiger partial charge in [0, 0.05) is 38.6 Å². The van der Waals surface area contributed by atoms with E-state index < -0.39 is 6.04 Å². The molecule has 1 aliphatic heterocycles. The Kier molecular flexibility index (Phi) is 6.80. The van der Waals surface area contributed by atoms with Crippen LogP contribution in [0.4, 0.5) is 5.82 Å². The zero-order valence-electron chi connectivity index (χ0n) is 19.7. The van der Waals surface area contributed by atoms with Crippen molar-refractivity contribution in [1.29, 1.82) is 0 Å². The van der Waals surface area contributed by atoms with Gasteiger partial charge in [-0.3, -0.25) is 4.79 Å².